The van der Waals surface area contributed by atoms with Crippen molar-refractivity contribution in [3.63, 3.8) is 0 Å². The summed E-state index contributed by atoms with van der Waals surface area (Å²) in [7, 11) is 0. The summed E-state index contributed by atoms with van der Waals surface area (Å²) in [6, 6.07) is 5.71. The van der Waals surface area contributed by atoms with Gasteiger partial charge in [0.2, 0.25) is 5.91 Å². The molecule has 110 valence electrons. The molecule has 4 heteroatoms. The predicted octanol–water partition coefficient (Wildman–Crippen LogP) is 2.86. The van der Waals surface area contributed by atoms with Crippen molar-refractivity contribution in [2.24, 2.45) is 0 Å². The summed E-state index contributed by atoms with van der Waals surface area (Å²) in [6.07, 6.45) is 3.34. The maximum atomic E-state index is 12.2. The highest BCUT2D eigenvalue weighted by Crippen LogP contribution is 2.22. The van der Waals surface area contributed by atoms with Gasteiger partial charge < -0.3 is 15.4 Å². The van der Waals surface area contributed by atoms with Crippen LogP contribution in [0.5, 0.6) is 5.75 Å². The molecule has 1 aliphatic heterocycles. The van der Waals surface area contributed by atoms with Gasteiger partial charge in [0.25, 0.3) is 0 Å². The maximum Gasteiger partial charge on any atom is 0.241 e. The van der Waals surface area contributed by atoms with Crippen LogP contribution >= 0.6 is 0 Å². The smallest absolute Gasteiger partial charge is 0.241 e. The van der Waals surface area contributed by atoms with Gasteiger partial charge in [0.1, 0.15) is 5.75 Å². The van der Waals surface area contributed by atoms with E-state index < -0.39 is 0 Å². The van der Waals surface area contributed by atoms with E-state index in [1.54, 1.807) is 0 Å². The summed E-state index contributed by atoms with van der Waals surface area (Å²) in [5.41, 5.74) is 1.88. The second kappa shape index (κ2) is 6.75. The van der Waals surface area contributed by atoms with Crippen LogP contribution in [0.2, 0.25) is 0 Å². The van der Waals surface area contributed by atoms with Crippen molar-refractivity contribution in [2.75, 3.05) is 11.9 Å². The number of rotatable bonds is 4. The van der Waals surface area contributed by atoms with E-state index in [0.29, 0.717) is 0 Å². The van der Waals surface area contributed by atoms with Gasteiger partial charge in [-0.3, -0.25) is 4.79 Å². The number of piperidine rings is 1. The van der Waals surface area contributed by atoms with Gasteiger partial charge in [-0.15, -0.1) is 0 Å². The number of anilines is 1. The van der Waals surface area contributed by atoms with Gasteiger partial charge in [-0.05, 0) is 63.9 Å². The zero-order valence-corrected chi connectivity index (χ0v) is 12.5. The summed E-state index contributed by atoms with van der Waals surface area (Å²) in [6.45, 7) is 6.91. The van der Waals surface area contributed by atoms with Crippen LogP contribution in [-0.2, 0) is 4.79 Å². The van der Waals surface area contributed by atoms with E-state index in [4.69, 9.17) is 4.74 Å². The van der Waals surface area contributed by atoms with E-state index in [1.807, 2.05) is 39.0 Å². The molecule has 2 rings (SSSR count). The largest absolute Gasteiger partial charge is 0.491 e. The lowest BCUT2D eigenvalue weighted by Crippen LogP contribution is -2.43. The van der Waals surface area contributed by atoms with Crippen molar-refractivity contribution in [1.29, 1.82) is 0 Å². The number of hydrogen-bond acceptors (Lipinski definition) is 3. The molecule has 20 heavy (non-hydrogen) atoms. The molecule has 0 unspecified atom stereocenters. The van der Waals surface area contributed by atoms with Crippen LogP contribution in [0.4, 0.5) is 5.69 Å². The summed E-state index contributed by atoms with van der Waals surface area (Å²) >= 11 is 0. The Hall–Kier alpha value is -1.55. The number of carbonyl (C=O) groups excluding carboxylic acids is 1. The monoisotopic (exact) mass is 276 g/mol. The first-order valence-corrected chi connectivity index (χ1v) is 7.38. The number of hydrogen-bond donors (Lipinski definition) is 2. The zero-order chi connectivity index (χ0) is 14.5. The van der Waals surface area contributed by atoms with E-state index in [2.05, 4.69) is 10.6 Å². The van der Waals surface area contributed by atoms with Crippen LogP contribution in [0.15, 0.2) is 18.2 Å². The molecule has 1 aromatic rings. The number of aryl methyl sites for hydroxylation is 1. The quantitative estimate of drug-likeness (QED) is 0.889. The first kappa shape index (κ1) is 14.9. The average molecular weight is 276 g/mol. The van der Waals surface area contributed by atoms with Crippen molar-refractivity contribution in [1.82, 2.24) is 5.32 Å². The molecule has 0 bridgehead atoms. The Bertz CT molecular complexity index is 466. The van der Waals surface area contributed by atoms with Crippen molar-refractivity contribution in [3.8, 4) is 5.75 Å². The van der Waals surface area contributed by atoms with Crippen molar-refractivity contribution in [2.45, 2.75) is 52.2 Å². The molecule has 4 nitrogen and oxygen atoms in total. The third-order valence-corrected chi connectivity index (χ3v) is 3.45. The summed E-state index contributed by atoms with van der Waals surface area (Å²) < 4.78 is 5.65. The average Bonchev–Trinajstić information content (AvgIpc) is 2.42. The Labute approximate surface area is 120 Å². The number of carbonyl (C=O) groups is 1. The summed E-state index contributed by atoms with van der Waals surface area (Å²) in [5, 5.41) is 6.26. The molecule has 1 fully saturated rings. The molecule has 0 radical (unpaired) electrons. The topological polar surface area (TPSA) is 50.4 Å². The molecule has 1 heterocycles. The lowest BCUT2D eigenvalue weighted by atomic mass is 10.0. The molecule has 1 amide bonds. The van der Waals surface area contributed by atoms with Crippen LogP contribution in [0.1, 0.15) is 38.7 Å². The van der Waals surface area contributed by atoms with Crippen molar-refractivity contribution < 1.29 is 9.53 Å². The number of benzene rings is 1. The van der Waals surface area contributed by atoms with E-state index in [9.17, 15) is 4.79 Å². The standard InChI is InChI=1S/C16H24N2O2/c1-11(2)20-13-7-8-14(12(3)10-13)18-16(19)15-6-4-5-9-17-15/h7-8,10-11,15,17H,4-6,9H2,1-3H3,(H,18,19)/t15-/m0/s1. The molecule has 0 spiro atoms. The first-order chi connectivity index (χ1) is 9.56. The fourth-order valence-corrected chi connectivity index (χ4v) is 2.42. The third-order valence-electron chi connectivity index (χ3n) is 3.45. The molecule has 1 aliphatic rings. The highest BCUT2D eigenvalue weighted by atomic mass is 16.5. The number of amides is 1. The minimum Gasteiger partial charge on any atom is -0.491 e. The molecule has 0 aliphatic carbocycles. The Morgan fingerprint density at radius 2 is 2.20 bits per heavy atom. The normalized spacial score (nSPS) is 18.9. The van der Waals surface area contributed by atoms with E-state index in [0.717, 1.165) is 42.8 Å². The minimum atomic E-state index is -0.0604. The van der Waals surface area contributed by atoms with Gasteiger partial charge in [-0.25, -0.2) is 0 Å². The predicted molar refractivity (Wildman–Crippen MR) is 81.2 cm³/mol. The SMILES string of the molecule is Cc1cc(OC(C)C)ccc1NC(=O)[C@@H]1CCCCN1. The summed E-state index contributed by atoms with van der Waals surface area (Å²) in [4.78, 5) is 12.2. The van der Waals surface area contributed by atoms with Crippen LogP contribution in [0.3, 0.4) is 0 Å². The Kier molecular flexibility index (Phi) is 5.01. The Balaban J connectivity index is 2.00. The van der Waals surface area contributed by atoms with Crippen LogP contribution in [-0.4, -0.2) is 24.6 Å². The molecule has 1 aromatic carbocycles. The fourth-order valence-electron chi connectivity index (χ4n) is 2.42. The summed E-state index contributed by atoms with van der Waals surface area (Å²) in [5.74, 6) is 0.900. The van der Waals surface area contributed by atoms with E-state index in [1.165, 1.54) is 0 Å². The molecule has 1 saturated heterocycles. The van der Waals surface area contributed by atoms with Gasteiger partial charge in [0, 0.05) is 5.69 Å². The van der Waals surface area contributed by atoms with Gasteiger partial charge in [0.05, 0.1) is 12.1 Å². The van der Waals surface area contributed by atoms with Crippen LogP contribution in [0.25, 0.3) is 0 Å². The minimum absolute atomic E-state index is 0.0604. The van der Waals surface area contributed by atoms with Gasteiger partial charge in [-0.1, -0.05) is 6.42 Å². The van der Waals surface area contributed by atoms with Gasteiger partial charge in [-0.2, -0.15) is 0 Å². The van der Waals surface area contributed by atoms with E-state index >= 15 is 0 Å². The highest BCUT2D eigenvalue weighted by molar-refractivity contribution is 5.95. The first-order valence-electron chi connectivity index (χ1n) is 7.38. The van der Waals surface area contributed by atoms with Crippen molar-refractivity contribution in [3.05, 3.63) is 23.8 Å². The molecule has 0 saturated carbocycles. The molecule has 0 aromatic heterocycles. The van der Waals surface area contributed by atoms with Crippen molar-refractivity contribution >= 4 is 11.6 Å². The second-order valence-corrected chi connectivity index (χ2v) is 5.64. The number of nitrogens with one attached hydrogen (secondary N) is 2. The molecule has 2 N–H and O–H groups in total. The maximum absolute atomic E-state index is 12.2. The number of ether oxygens (including phenoxy) is 1. The molecule has 1 atom stereocenters. The third kappa shape index (κ3) is 3.97. The Morgan fingerprint density at radius 3 is 2.80 bits per heavy atom. The van der Waals surface area contributed by atoms with E-state index in [-0.39, 0.29) is 18.1 Å². The van der Waals surface area contributed by atoms with Gasteiger partial charge >= 0.3 is 0 Å². The van der Waals surface area contributed by atoms with Gasteiger partial charge in [0.15, 0.2) is 0 Å². The fraction of sp³-hybridized carbons (Fsp3) is 0.562. The molecular formula is C16H24N2O2. The lowest BCUT2D eigenvalue weighted by molar-refractivity contribution is -0.118. The van der Waals surface area contributed by atoms with Crippen LogP contribution < -0.4 is 15.4 Å². The lowest BCUT2D eigenvalue weighted by Gasteiger charge is -2.23. The van der Waals surface area contributed by atoms with Crippen LogP contribution in [0, 0.1) is 6.92 Å². The Morgan fingerprint density at radius 1 is 1.40 bits per heavy atom. The second-order valence-electron chi connectivity index (χ2n) is 5.64. The highest BCUT2D eigenvalue weighted by Gasteiger charge is 2.20. The zero-order valence-electron chi connectivity index (χ0n) is 12.5. The molecular weight excluding hydrogens is 252 g/mol.